The highest BCUT2D eigenvalue weighted by Gasteiger charge is 2.41. The molecule has 0 aromatic heterocycles. The van der Waals surface area contributed by atoms with Gasteiger partial charge in [-0.25, -0.2) is 9.29 Å². The summed E-state index contributed by atoms with van der Waals surface area (Å²) in [5.41, 5.74) is 3.84. The highest BCUT2D eigenvalue weighted by atomic mass is 19.1. The first kappa shape index (κ1) is 20.3. The first-order valence-corrected chi connectivity index (χ1v) is 9.77. The van der Waals surface area contributed by atoms with Crippen molar-refractivity contribution >= 4 is 28.8 Å². The quantitative estimate of drug-likeness (QED) is 0.604. The van der Waals surface area contributed by atoms with E-state index in [4.69, 9.17) is 4.74 Å². The van der Waals surface area contributed by atoms with Crippen molar-refractivity contribution in [3.8, 4) is 5.75 Å². The number of imide groups is 1. The Morgan fingerprint density at radius 1 is 0.871 bits per heavy atom. The van der Waals surface area contributed by atoms with Crippen LogP contribution in [0, 0.1) is 19.7 Å². The molecule has 0 radical (unpaired) electrons. The standard InChI is InChI=1S/C25H21FN2O3/c1-15-7-6-8-19(16(15)2)27-23-22(17-11-13-18(26)14-12-17)24(29)28(25(23)30)20-9-4-5-10-21(20)31-3/h4-14,27H,1-3H3. The van der Waals surface area contributed by atoms with Crippen LogP contribution in [0.4, 0.5) is 15.8 Å². The summed E-state index contributed by atoms with van der Waals surface area (Å²) >= 11 is 0. The predicted octanol–water partition coefficient (Wildman–Crippen LogP) is 4.85. The van der Waals surface area contributed by atoms with Gasteiger partial charge in [0.1, 0.15) is 17.3 Å². The largest absolute Gasteiger partial charge is 0.495 e. The number of rotatable bonds is 5. The molecule has 4 rings (SSSR count). The molecule has 6 heteroatoms. The summed E-state index contributed by atoms with van der Waals surface area (Å²) in [7, 11) is 1.48. The molecule has 0 saturated carbocycles. The molecule has 0 atom stereocenters. The molecule has 1 aliphatic rings. The number of para-hydroxylation sites is 2. The third-order valence-electron chi connectivity index (χ3n) is 5.41. The van der Waals surface area contributed by atoms with E-state index >= 15 is 0 Å². The summed E-state index contributed by atoms with van der Waals surface area (Å²) in [6, 6.07) is 18.0. The van der Waals surface area contributed by atoms with Crippen LogP contribution in [0.25, 0.3) is 5.57 Å². The lowest BCUT2D eigenvalue weighted by Crippen LogP contribution is -2.32. The summed E-state index contributed by atoms with van der Waals surface area (Å²) in [4.78, 5) is 28.1. The van der Waals surface area contributed by atoms with Crippen molar-refractivity contribution < 1.29 is 18.7 Å². The summed E-state index contributed by atoms with van der Waals surface area (Å²) in [6.45, 7) is 3.91. The van der Waals surface area contributed by atoms with Crippen LogP contribution in [0.3, 0.4) is 0 Å². The summed E-state index contributed by atoms with van der Waals surface area (Å²) in [6.07, 6.45) is 0. The molecule has 0 bridgehead atoms. The average Bonchev–Trinajstić information content (AvgIpc) is 3.01. The van der Waals surface area contributed by atoms with Gasteiger partial charge >= 0.3 is 0 Å². The lowest BCUT2D eigenvalue weighted by atomic mass is 10.0. The highest BCUT2D eigenvalue weighted by molar-refractivity contribution is 6.46. The zero-order valence-corrected chi connectivity index (χ0v) is 17.4. The summed E-state index contributed by atoms with van der Waals surface area (Å²) in [5, 5.41) is 3.16. The Kier molecular flexibility index (Phi) is 5.29. The van der Waals surface area contributed by atoms with E-state index in [2.05, 4.69) is 5.32 Å². The molecule has 5 nitrogen and oxygen atoms in total. The maximum absolute atomic E-state index is 13.5. The zero-order chi connectivity index (χ0) is 22.1. The number of benzene rings is 3. The smallest absolute Gasteiger partial charge is 0.282 e. The number of ether oxygens (including phenoxy) is 1. The second kappa shape index (κ2) is 8.07. The normalized spacial score (nSPS) is 13.7. The summed E-state index contributed by atoms with van der Waals surface area (Å²) in [5.74, 6) is -1.04. The maximum atomic E-state index is 13.5. The Bertz CT molecular complexity index is 1220. The Labute approximate surface area is 179 Å². The Hall–Kier alpha value is -3.93. The number of halogens is 1. The SMILES string of the molecule is COc1ccccc1N1C(=O)C(Nc2cccc(C)c2C)=C(c2ccc(F)cc2)C1=O. The molecule has 0 fully saturated rings. The fourth-order valence-corrected chi connectivity index (χ4v) is 3.58. The predicted molar refractivity (Wildman–Crippen MR) is 118 cm³/mol. The molecule has 0 unspecified atom stereocenters. The van der Waals surface area contributed by atoms with Crippen LogP contribution in [-0.2, 0) is 9.59 Å². The summed E-state index contributed by atoms with van der Waals surface area (Å²) < 4.78 is 18.9. The zero-order valence-electron chi connectivity index (χ0n) is 17.4. The van der Waals surface area contributed by atoms with Crippen molar-refractivity contribution in [1.29, 1.82) is 0 Å². The monoisotopic (exact) mass is 416 g/mol. The third kappa shape index (κ3) is 3.57. The fraction of sp³-hybridized carbons (Fsp3) is 0.120. The molecule has 3 aromatic rings. The molecule has 156 valence electrons. The van der Waals surface area contributed by atoms with Gasteiger partial charge in [0.15, 0.2) is 0 Å². The first-order chi connectivity index (χ1) is 14.9. The van der Waals surface area contributed by atoms with Gasteiger partial charge in [0, 0.05) is 5.69 Å². The number of nitrogens with zero attached hydrogens (tertiary/aromatic N) is 1. The van der Waals surface area contributed by atoms with Crippen LogP contribution in [0.15, 0.2) is 72.4 Å². The van der Waals surface area contributed by atoms with E-state index < -0.39 is 17.6 Å². The second-order valence-electron chi connectivity index (χ2n) is 7.25. The van der Waals surface area contributed by atoms with Gasteiger partial charge in [-0.1, -0.05) is 36.4 Å². The van der Waals surface area contributed by atoms with Crippen LogP contribution >= 0.6 is 0 Å². The molecule has 3 aromatic carbocycles. The van der Waals surface area contributed by atoms with E-state index in [0.717, 1.165) is 21.7 Å². The second-order valence-corrected chi connectivity index (χ2v) is 7.25. The molecule has 0 saturated heterocycles. The maximum Gasteiger partial charge on any atom is 0.282 e. The van der Waals surface area contributed by atoms with Crippen LogP contribution in [0.2, 0.25) is 0 Å². The number of amides is 2. The Balaban J connectivity index is 1.87. The van der Waals surface area contributed by atoms with Crippen molar-refractivity contribution in [1.82, 2.24) is 0 Å². The van der Waals surface area contributed by atoms with Crippen molar-refractivity contribution in [3.63, 3.8) is 0 Å². The van der Waals surface area contributed by atoms with Gasteiger partial charge in [0.25, 0.3) is 11.8 Å². The van der Waals surface area contributed by atoms with Crippen LogP contribution < -0.4 is 15.0 Å². The van der Waals surface area contributed by atoms with Gasteiger partial charge in [-0.05, 0) is 60.9 Å². The first-order valence-electron chi connectivity index (χ1n) is 9.77. The number of aryl methyl sites for hydroxylation is 1. The minimum atomic E-state index is -0.506. The average molecular weight is 416 g/mol. The molecule has 2 amide bonds. The lowest BCUT2D eigenvalue weighted by Gasteiger charge is -2.18. The number of anilines is 2. The van der Waals surface area contributed by atoms with E-state index in [0.29, 0.717) is 17.0 Å². The number of nitrogens with one attached hydrogen (secondary N) is 1. The van der Waals surface area contributed by atoms with Gasteiger partial charge < -0.3 is 10.1 Å². The molecular weight excluding hydrogens is 395 g/mol. The number of carbonyl (C=O) groups is 2. The van der Waals surface area contributed by atoms with Gasteiger partial charge in [-0.2, -0.15) is 0 Å². The highest BCUT2D eigenvalue weighted by Crippen LogP contribution is 2.38. The van der Waals surface area contributed by atoms with Gasteiger partial charge in [-0.3, -0.25) is 9.59 Å². The molecule has 0 aliphatic carbocycles. The molecule has 1 N–H and O–H groups in total. The van der Waals surface area contributed by atoms with E-state index in [-0.39, 0.29) is 11.3 Å². The molecule has 1 aliphatic heterocycles. The molecule has 0 spiro atoms. The number of hydrogen-bond acceptors (Lipinski definition) is 4. The third-order valence-corrected chi connectivity index (χ3v) is 5.41. The number of methoxy groups -OCH3 is 1. The van der Waals surface area contributed by atoms with Gasteiger partial charge in [0.05, 0.1) is 18.4 Å². The lowest BCUT2D eigenvalue weighted by molar-refractivity contribution is -0.120. The van der Waals surface area contributed by atoms with Crippen LogP contribution in [0.1, 0.15) is 16.7 Å². The van der Waals surface area contributed by atoms with E-state index in [1.165, 1.54) is 31.4 Å². The van der Waals surface area contributed by atoms with E-state index in [9.17, 15) is 14.0 Å². The minimum absolute atomic E-state index is 0.135. The minimum Gasteiger partial charge on any atom is -0.495 e. The number of hydrogen-bond donors (Lipinski definition) is 1. The van der Waals surface area contributed by atoms with Crippen molar-refractivity contribution in [3.05, 3.63) is 94.9 Å². The van der Waals surface area contributed by atoms with Crippen molar-refractivity contribution in [2.75, 3.05) is 17.3 Å². The Morgan fingerprint density at radius 3 is 2.29 bits per heavy atom. The molecule has 31 heavy (non-hydrogen) atoms. The van der Waals surface area contributed by atoms with Gasteiger partial charge in [0.2, 0.25) is 0 Å². The van der Waals surface area contributed by atoms with Crippen LogP contribution in [0.5, 0.6) is 5.75 Å². The fourth-order valence-electron chi connectivity index (χ4n) is 3.58. The molecule has 1 heterocycles. The topological polar surface area (TPSA) is 58.6 Å². The Morgan fingerprint density at radius 2 is 1.58 bits per heavy atom. The number of carbonyl (C=O) groups excluding carboxylic acids is 2. The van der Waals surface area contributed by atoms with Crippen molar-refractivity contribution in [2.24, 2.45) is 0 Å². The van der Waals surface area contributed by atoms with E-state index in [1.54, 1.807) is 24.3 Å². The molecular formula is C25H21FN2O3. The van der Waals surface area contributed by atoms with Crippen molar-refractivity contribution in [2.45, 2.75) is 13.8 Å². The van der Waals surface area contributed by atoms with Crippen LogP contribution in [-0.4, -0.2) is 18.9 Å². The van der Waals surface area contributed by atoms with E-state index in [1.807, 2.05) is 32.0 Å². The van der Waals surface area contributed by atoms with Gasteiger partial charge in [-0.15, -0.1) is 0 Å².